The zero-order valence-electron chi connectivity index (χ0n) is 25.4. The maximum absolute atomic E-state index is 13.7. The third-order valence-corrected chi connectivity index (χ3v) is 8.67. The number of hydrogen-bond acceptors (Lipinski definition) is 7. The third kappa shape index (κ3) is 7.99. The predicted octanol–water partition coefficient (Wildman–Crippen LogP) is 7.50. The van der Waals surface area contributed by atoms with E-state index in [1.54, 1.807) is 6.92 Å². The molecular weight excluding hydrogens is 608 g/mol. The van der Waals surface area contributed by atoms with E-state index < -0.39 is 27.7 Å². The molecule has 0 spiro atoms. The lowest BCUT2D eigenvalue weighted by Crippen LogP contribution is -2.33. The minimum Gasteiger partial charge on any atom is -0.464 e. The molecule has 1 heterocycles. The molecule has 0 radical (unpaired) electrons. The topological polar surface area (TPSA) is 98.9 Å². The largest absolute Gasteiger partial charge is 0.464 e. The highest BCUT2D eigenvalue weighted by Gasteiger charge is 2.36. The smallest absolute Gasteiger partial charge is 0.340 e. The van der Waals surface area contributed by atoms with Gasteiger partial charge in [0.05, 0.1) is 36.9 Å². The average Bonchev–Trinajstić information content (AvgIpc) is 3.28. The van der Waals surface area contributed by atoms with Crippen molar-refractivity contribution in [2.75, 3.05) is 17.2 Å². The molecule has 1 aromatic heterocycles. The third-order valence-electron chi connectivity index (χ3n) is 6.59. The number of rotatable bonds is 11. The fourth-order valence-electron chi connectivity index (χ4n) is 4.64. The van der Waals surface area contributed by atoms with E-state index in [2.05, 4.69) is 20.9 Å². The summed E-state index contributed by atoms with van der Waals surface area (Å²) in [5, 5.41) is 0. The molecule has 0 aliphatic carbocycles. The molecule has 0 bridgehead atoms. The number of halogens is 1. The van der Waals surface area contributed by atoms with Gasteiger partial charge in [0.2, 0.25) is 10.0 Å². The lowest BCUT2D eigenvalue weighted by Gasteiger charge is -2.33. The second kappa shape index (κ2) is 13.1. The van der Waals surface area contributed by atoms with Crippen molar-refractivity contribution in [1.82, 2.24) is 4.98 Å². The SMILES string of the molecule is CCCCOC(=O)[C@@H](OC(C)(C)C)c1c(C)c(N(Cc2cnc(C)o2)S(C)(=O)=O)c(Br)c(C)c1-c1ccc(C)cc1. The number of nitrogens with zero attached hydrogens (tertiary/aromatic N) is 2. The number of unbranched alkanes of at least 4 members (excludes halogenated alkanes) is 1. The molecule has 0 saturated heterocycles. The highest BCUT2D eigenvalue weighted by molar-refractivity contribution is 9.10. The predicted molar refractivity (Wildman–Crippen MR) is 166 cm³/mol. The van der Waals surface area contributed by atoms with Crippen LogP contribution in [-0.4, -0.2) is 37.8 Å². The van der Waals surface area contributed by atoms with Crippen molar-refractivity contribution < 1.29 is 27.1 Å². The zero-order valence-corrected chi connectivity index (χ0v) is 27.8. The summed E-state index contributed by atoms with van der Waals surface area (Å²) in [6, 6.07) is 8.00. The Morgan fingerprint density at radius 3 is 2.24 bits per heavy atom. The van der Waals surface area contributed by atoms with Gasteiger partial charge in [0.15, 0.2) is 12.0 Å². The number of aryl methyl sites for hydroxylation is 2. The standard InChI is InChI=1S/C31H41BrN2O6S/c1-10-11-16-38-30(35)29(40-31(6,7)8)26-21(4)28(34(41(9,36)37)18-24-17-33-22(5)39-24)27(32)20(3)25(26)23-14-12-19(2)13-15-23/h12-15,17,29H,10-11,16,18H2,1-9H3/t29-/m0/s1. The molecule has 10 heteroatoms. The van der Waals surface area contributed by atoms with E-state index in [9.17, 15) is 13.2 Å². The molecule has 0 fully saturated rings. The second-order valence-electron chi connectivity index (χ2n) is 11.3. The Balaban J connectivity index is 2.40. The lowest BCUT2D eigenvalue weighted by molar-refractivity contribution is -0.167. The van der Waals surface area contributed by atoms with Crippen LogP contribution in [0, 0.1) is 27.7 Å². The molecule has 0 unspecified atom stereocenters. The van der Waals surface area contributed by atoms with E-state index in [4.69, 9.17) is 13.9 Å². The Morgan fingerprint density at radius 1 is 1.10 bits per heavy atom. The monoisotopic (exact) mass is 648 g/mol. The van der Waals surface area contributed by atoms with Gasteiger partial charge in [-0.05, 0) is 86.1 Å². The number of carbonyl (C=O) groups excluding carboxylic acids is 1. The van der Waals surface area contributed by atoms with E-state index >= 15 is 0 Å². The van der Waals surface area contributed by atoms with Gasteiger partial charge in [0, 0.05) is 17.0 Å². The van der Waals surface area contributed by atoms with E-state index in [-0.39, 0.29) is 13.2 Å². The minimum absolute atomic E-state index is 0.0758. The van der Waals surface area contributed by atoms with E-state index in [1.807, 2.05) is 72.7 Å². The molecule has 3 aromatic rings. The fourth-order valence-corrected chi connectivity index (χ4v) is 6.39. The molecule has 8 nitrogen and oxygen atoms in total. The number of aromatic nitrogens is 1. The molecule has 224 valence electrons. The Kier molecular flexibility index (Phi) is 10.5. The summed E-state index contributed by atoms with van der Waals surface area (Å²) in [7, 11) is -3.81. The normalized spacial score (nSPS) is 12.8. The average molecular weight is 650 g/mol. The summed E-state index contributed by atoms with van der Waals surface area (Å²) in [5.74, 6) is 0.307. The van der Waals surface area contributed by atoms with Gasteiger partial charge >= 0.3 is 5.97 Å². The maximum Gasteiger partial charge on any atom is 0.340 e. The molecule has 0 N–H and O–H groups in total. The first-order valence-corrected chi connectivity index (χ1v) is 16.3. The molecule has 0 amide bonds. The molecule has 41 heavy (non-hydrogen) atoms. The van der Waals surface area contributed by atoms with Crippen molar-refractivity contribution in [3.05, 3.63) is 68.8 Å². The Hall–Kier alpha value is -2.69. The van der Waals surface area contributed by atoms with Gasteiger partial charge in [0.25, 0.3) is 0 Å². The summed E-state index contributed by atoms with van der Waals surface area (Å²) in [5.41, 5.74) is 4.32. The zero-order chi connectivity index (χ0) is 30.7. The first-order chi connectivity index (χ1) is 19.0. The second-order valence-corrected chi connectivity index (χ2v) is 14.0. The van der Waals surface area contributed by atoms with Crippen LogP contribution in [0.3, 0.4) is 0 Å². The van der Waals surface area contributed by atoms with Crippen LogP contribution in [0.5, 0.6) is 0 Å². The lowest BCUT2D eigenvalue weighted by atomic mass is 9.87. The number of ether oxygens (including phenoxy) is 2. The van der Waals surface area contributed by atoms with Crippen LogP contribution >= 0.6 is 15.9 Å². The van der Waals surface area contributed by atoms with Gasteiger partial charge in [-0.1, -0.05) is 43.2 Å². The van der Waals surface area contributed by atoms with Gasteiger partial charge in [0.1, 0.15) is 5.76 Å². The van der Waals surface area contributed by atoms with Crippen LogP contribution in [-0.2, 0) is 30.8 Å². The highest BCUT2D eigenvalue weighted by Crippen LogP contribution is 2.47. The first kappa shape index (κ1) is 32.8. The molecule has 0 aliphatic rings. The number of anilines is 1. The van der Waals surface area contributed by atoms with Crippen molar-refractivity contribution in [3.63, 3.8) is 0 Å². The Bertz CT molecular complexity index is 1490. The minimum atomic E-state index is -3.81. The number of oxazole rings is 1. The number of hydrogen-bond donors (Lipinski definition) is 0. The van der Waals surface area contributed by atoms with Gasteiger partial charge in [-0.25, -0.2) is 18.2 Å². The van der Waals surface area contributed by atoms with Crippen molar-refractivity contribution in [3.8, 4) is 11.1 Å². The maximum atomic E-state index is 13.7. The summed E-state index contributed by atoms with van der Waals surface area (Å²) < 4.78 is 46.2. The van der Waals surface area contributed by atoms with Gasteiger partial charge < -0.3 is 13.9 Å². The van der Waals surface area contributed by atoms with E-state index in [0.29, 0.717) is 32.9 Å². The Morgan fingerprint density at radius 2 is 1.73 bits per heavy atom. The van der Waals surface area contributed by atoms with Crippen LogP contribution in [0.1, 0.15) is 80.5 Å². The van der Waals surface area contributed by atoms with Gasteiger partial charge in [-0.15, -0.1) is 0 Å². The van der Waals surface area contributed by atoms with Gasteiger partial charge in [-0.3, -0.25) is 4.31 Å². The molecule has 0 saturated carbocycles. The van der Waals surface area contributed by atoms with Crippen LogP contribution in [0.4, 0.5) is 5.69 Å². The molecule has 2 aromatic carbocycles. The highest BCUT2D eigenvalue weighted by atomic mass is 79.9. The quantitative estimate of drug-likeness (QED) is 0.157. The summed E-state index contributed by atoms with van der Waals surface area (Å²) in [6.45, 7) is 15.3. The van der Waals surface area contributed by atoms with E-state index in [1.165, 1.54) is 10.5 Å². The van der Waals surface area contributed by atoms with Crippen molar-refractivity contribution >= 4 is 37.6 Å². The molecule has 0 aliphatic heterocycles. The number of carbonyl (C=O) groups is 1. The summed E-state index contributed by atoms with van der Waals surface area (Å²) in [4.78, 5) is 17.9. The van der Waals surface area contributed by atoms with Crippen LogP contribution in [0.2, 0.25) is 0 Å². The number of esters is 1. The summed E-state index contributed by atoms with van der Waals surface area (Å²) >= 11 is 3.73. The molecule has 3 rings (SSSR count). The van der Waals surface area contributed by atoms with Crippen molar-refractivity contribution in [2.24, 2.45) is 0 Å². The summed E-state index contributed by atoms with van der Waals surface area (Å²) in [6.07, 6.45) is 3.15. The van der Waals surface area contributed by atoms with Crippen molar-refractivity contribution in [2.45, 2.75) is 86.5 Å². The van der Waals surface area contributed by atoms with Gasteiger partial charge in [-0.2, -0.15) is 0 Å². The van der Waals surface area contributed by atoms with Crippen molar-refractivity contribution in [1.29, 1.82) is 0 Å². The first-order valence-electron chi connectivity index (χ1n) is 13.7. The molecular formula is C31H41BrN2O6S. The van der Waals surface area contributed by atoms with E-state index in [0.717, 1.165) is 41.4 Å². The fraction of sp³-hybridized carbons (Fsp3) is 0.484. The van der Waals surface area contributed by atoms with Crippen LogP contribution in [0.15, 0.2) is 39.4 Å². The Labute approximate surface area is 252 Å². The number of benzene rings is 2. The van der Waals surface area contributed by atoms with Crippen LogP contribution in [0.25, 0.3) is 11.1 Å². The van der Waals surface area contributed by atoms with Crippen LogP contribution < -0.4 is 4.31 Å². The number of sulfonamides is 1. The molecule has 1 atom stereocenters.